The van der Waals surface area contributed by atoms with E-state index < -0.39 is 21.5 Å². The maximum absolute atomic E-state index is 11.4. The van der Waals surface area contributed by atoms with Crippen LogP contribution in [0.25, 0.3) is 0 Å². The van der Waals surface area contributed by atoms with Crippen LogP contribution in [0.1, 0.15) is 123 Å². The Hall–Kier alpha value is -0.130. The van der Waals surface area contributed by atoms with Gasteiger partial charge in [-0.25, -0.2) is 0 Å². The molecule has 0 aliphatic rings. The predicted octanol–water partition coefficient (Wildman–Crippen LogP) is 6.28. The Morgan fingerprint density at radius 1 is 0.654 bits per heavy atom. The molecular weight excluding hydrogens is 348 g/mol. The van der Waals surface area contributed by atoms with E-state index in [0.29, 0.717) is 25.7 Å². The molecular formula is C21H44O4S. The molecule has 0 saturated heterocycles. The molecule has 2 unspecified atom stereocenters. The Morgan fingerprint density at radius 3 is 1.42 bits per heavy atom. The van der Waals surface area contributed by atoms with E-state index in [2.05, 4.69) is 6.92 Å². The van der Waals surface area contributed by atoms with Crippen molar-refractivity contribution in [2.45, 2.75) is 134 Å². The lowest BCUT2D eigenvalue weighted by Crippen LogP contribution is -2.21. The van der Waals surface area contributed by atoms with Gasteiger partial charge in [-0.3, -0.25) is 4.55 Å². The lowest BCUT2D eigenvalue weighted by Gasteiger charge is -2.14. The third-order valence-electron chi connectivity index (χ3n) is 5.20. The summed E-state index contributed by atoms with van der Waals surface area (Å²) in [6, 6.07) is 0. The van der Waals surface area contributed by atoms with Gasteiger partial charge in [0.05, 0.1) is 11.4 Å². The van der Waals surface area contributed by atoms with Crippen LogP contribution in [-0.2, 0) is 10.1 Å². The van der Waals surface area contributed by atoms with E-state index in [0.717, 1.165) is 19.3 Å². The van der Waals surface area contributed by atoms with Crippen LogP contribution in [0.3, 0.4) is 0 Å². The highest BCUT2D eigenvalue weighted by molar-refractivity contribution is 7.86. The summed E-state index contributed by atoms with van der Waals surface area (Å²) in [6.07, 6.45) is 18.3. The number of hydrogen-bond acceptors (Lipinski definition) is 3. The van der Waals surface area contributed by atoms with E-state index in [9.17, 15) is 18.1 Å². The molecule has 0 aliphatic heterocycles. The summed E-state index contributed by atoms with van der Waals surface area (Å²) in [7, 11) is -3.96. The summed E-state index contributed by atoms with van der Waals surface area (Å²) in [6.45, 7) is 3.95. The van der Waals surface area contributed by atoms with Crippen LogP contribution in [-0.4, -0.2) is 29.4 Å². The molecule has 5 heteroatoms. The third-order valence-corrected chi connectivity index (χ3v) is 6.51. The lowest BCUT2D eigenvalue weighted by molar-refractivity contribution is 0.180. The van der Waals surface area contributed by atoms with Gasteiger partial charge < -0.3 is 5.11 Å². The lowest BCUT2D eigenvalue weighted by atomic mass is 10.0. The molecule has 0 aliphatic carbocycles. The number of aliphatic hydroxyl groups excluding tert-OH is 1. The fourth-order valence-electron chi connectivity index (χ4n) is 3.47. The van der Waals surface area contributed by atoms with Crippen molar-refractivity contribution >= 4 is 10.1 Å². The first-order valence-corrected chi connectivity index (χ1v) is 12.5. The Balaban J connectivity index is 3.55. The van der Waals surface area contributed by atoms with Crippen molar-refractivity contribution in [3.05, 3.63) is 0 Å². The molecule has 26 heavy (non-hydrogen) atoms. The quantitative estimate of drug-likeness (QED) is 0.200. The Kier molecular flexibility index (Phi) is 16.9. The molecule has 0 bridgehead atoms. The first kappa shape index (κ1) is 25.9. The minimum absolute atomic E-state index is 0.409. The molecule has 158 valence electrons. The normalized spacial score (nSPS) is 14.5. The minimum atomic E-state index is -3.96. The van der Waals surface area contributed by atoms with Gasteiger partial charge >= 0.3 is 0 Å². The molecule has 0 spiro atoms. The monoisotopic (exact) mass is 392 g/mol. The van der Waals surface area contributed by atoms with E-state index in [1.807, 2.05) is 0 Å². The zero-order valence-corrected chi connectivity index (χ0v) is 18.1. The standard InChI is InChI=1S/C21H44O4S/c1-3-4-5-6-7-8-9-10-11-12-13-14-15-18-21(26(23,24)25)19-16-17-20(2)22/h20-22H,3-19H2,1-2H3,(H,23,24,25). The summed E-state index contributed by atoms with van der Waals surface area (Å²) < 4.78 is 32.2. The average Bonchev–Trinajstić information content (AvgIpc) is 2.56. The summed E-state index contributed by atoms with van der Waals surface area (Å²) in [4.78, 5) is 0. The molecule has 0 heterocycles. The van der Waals surface area contributed by atoms with Gasteiger partial charge in [-0.15, -0.1) is 0 Å². The van der Waals surface area contributed by atoms with Crippen molar-refractivity contribution in [1.29, 1.82) is 0 Å². The highest BCUT2D eigenvalue weighted by atomic mass is 32.2. The topological polar surface area (TPSA) is 74.6 Å². The molecule has 2 N–H and O–H groups in total. The molecule has 0 amide bonds. The molecule has 0 aromatic carbocycles. The Labute approximate surface area is 162 Å². The van der Waals surface area contributed by atoms with Crippen LogP contribution in [0.15, 0.2) is 0 Å². The zero-order valence-electron chi connectivity index (χ0n) is 17.3. The van der Waals surface area contributed by atoms with E-state index in [4.69, 9.17) is 0 Å². The van der Waals surface area contributed by atoms with Gasteiger partial charge in [-0.05, 0) is 32.6 Å². The van der Waals surface area contributed by atoms with Gasteiger partial charge in [0, 0.05) is 0 Å². The van der Waals surface area contributed by atoms with Crippen LogP contribution in [0, 0.1) is 0 Å². The summed E-state index contributed by atoms with van der Waals surface area (Å²) >= 11 is 0. The predicted molar refractivity (Wildman–Crippen MR) is 111 cm³/mol. The van der Waals surface area contributed by atoms with Crippen LogP contribution >= 0.6 is 0 Å². The van der Waals surface area contributed by atoms with E-state index >= 15 is 0 Å². The fraction of sp³-hybridized carbons (Fsp3) is 1.00. The number of unbranched alkanes of at least 4 members (excludes halogenated alkanes) is 12. The molecule has 0 fully saturated rings. The SMILES string of the molecule is CCCCCCCCCCCCCCCC(CCCC(C)O)S(=O)(=O)O. The fourth-order valence-corrected chi connectivity index (χ4v) is 4.40. The zero-order chi connectivity index (χ0) is 19.7. The van der Waals surface area contributed by atoms with Crippen molar-refractivity contribution in [2.24, 2.45) is 0 Å². The van der Waals surface area contributed by atoms with Crippen LogP contribution < -0.4 is 0 Å². The number of hydrogen-bond donors (Lipinski definition) is 2. The summed E-state index contributed by atoms with van der Waals surface area (Å²) in [5.41, 5.74) is 0. The van der Waals surface area contributed by atoms with Gasteiger partial charge in [0.2, 0.25) is 0 Å². The smallest absolute Gasteiger partial charge is 0.267 e. The summed E-state index contributed by atoms with van der Waals surface area (Å²) in [5, 5.41) is 8.60. The molecule has 0 saturated carbocycles. The maximum Gasteiger partial charge on any atom is 0.267 e. The van der Waals surface area contributed by atoms with Crippen molar-refractivity contribution in [2.75, 3.05) is 0 Å². The van der Waals surface area contributed by atoms with Gasteiger partial charge in [-0.2, -0.15) is 8.42 Å². The molecule has 0 rings (SSSR count). The molecule has 0 aromatic heterocycles. The third kappa shape index (κ3) is 17.3. The van der Waals surface area contributed by atoms with Gasteiger partial charge in [0.1, 0.15) is 0 Å². The molecule has 4 nitrogen and oxygen atoms in total. The van der Waals surface area contributed by atoms with Gasteiger partial charge in [0.15, 0.2) is 0 Å². The van der Waals surface area contributed by atoms with Gasteiger partial charge in [-0.1, -0.05) is 90.4 Å². The first-order chi connectivity index (χ1) is 12.4. The summed E-state index contributed by atoms with van der Waals surface area (Å²) in [5.74, 6) is 0. The first-order valence-electron chi connectivity index (χ1n) is 11.0. The van der Waals surface area contributed by atoms with Gasteiger partial charge in [0.25, 0.3) is 10.1 Å². The van der Waals surface area contributed by atoms with Crippen molar-refractivity contribution in [3.8, 4) is 0 Å². The Bertz CT molecular complexity index is 393. The number of aliphatic hydroxyl groups is 1. The average molecular weight is 393 g/mol. The minimum Gasteiger partial charge on any atom is -0.393 e. The second-order valence-electron chi connectivity index (χ2n) is 7.95. The van der Waals surface area contributed by atoms with Crippen molar-refractivity contribution < 1.29 is 18.1 Å². The van der Waals surface area contributed by atoms with E-state index in [-0.39, 0.29) is 0 Å². The number of rotatable bonds is 19. The molecule has 0 aromatic rings. The van der Waals surface area contributed by atoms with Crippen LogP contribution in [0.5, 0.6) is 0 Å². The second kappa shape index (κ2) is 17.0. The maximum atomic E-state index is 11.4. The van der Waals surface area contributed by atoms with Crippen molar-refractivity contribution in [1.82, 2.24) is 0 Å². The second-order valence-corrected chi connectivity index (χ2v) is 9.64. The van der Waals surface area contributed by atoms with Crippen LogP contribution in [0.4, 0.5) is 0 Å². The Morgan fingerprint density at radius 2 is 1.04 bits per heavy atom. The van der Waals surface area contributed by atoms with Crippen molar-refractivity contribution in [3.63, 3.8) is 0 Å². The van der Waals surface area contributed by atoms with E-state index in [1.54, 1.807) is 6.92 Å². The highest BCUT2D eigenvalue weighted by Crippen LogP contribution is 2.19. The molecule has 0 radical (unpaired) electrons. The molecule has 2 atom stereocenters. The highest BCUT2D eigenvalue weighted by Gasteiger charge is 2.22. The largest absolute Gasteiger partial charge is 0.393 e. The van der Waals surface area contributed by atoms with E-state index in [1.165, 1.54) is 64.2 Å². The van der Waals surface area contributed by atoms with Crippen LogP contribution in [0.2, 0.25) is 0 Å².